The van der Waals surface area contributed by atoms with Crippen LogP contribution in [0.15, 0.2) is 18.2 Å². The molecule has 1 aromatic rings. The van der Waals surface area contributed by atoms with Crippen molar-refractivity contribution < 1.29 is 4.79 Å². The van der Waals surface area contributed by atoms with Gasteiger partial charge in [-0.15, -0.1) is 0 Å². The molecule has 1 aliphatic rings. The Morgan fingerprint density at radius 1 is 1.42 bits per heavy atom. The molecule has 0 saturated heterocycles. The fourth-order valence-corrected chi connectivity index (χ4v) is 2.32. The number of hydrogen-bond donors (Lipinski definition) is 2. The van der Waals surface area contributed by atoms with Crippen LogP contribution in [0.5, 0.6) is 0 Å². The van der Waals surface area contributed by atoms with Crippen molar-refractivity contribution >= 4 is 11.6 Å². The topological polar surface area (TPSA) is 44.4 Å². The van der Waals surface area contributed by atoms with Gasteiger partial charge in [0.05, 0.1) is 6.42 Å². The Bertz CT molecular complexity index is 457. The molecule has 4 heteroatoms. The van der Waals surface area contributed by atoms with Crippen LogP contribution >= 0.6 is 0 Å². The van der Waals surface area contributed by atoms with Crippen molar-refractivity contribution in [2.75, 3.05) is 25.5 Å². The van der Waals surface area contributed by atoms with Crippen LogP contribution in [-0.2, 0) is 17.8 Å². The van der Waals surface area contributed by atoms with Crippen molar-refractivity contribution in [1.29, 1.82) is 0 Å². The number of hydrogen-bond acceptors (Lipinski definition) is 3. The molecule has 4 nitrogen and oxygen atoms in total. The third-order valence-corrected chi connectivity index (χ3v) is 3.29. The molecule has 0 saturated carbocycles. The van der Waals surface area contributed by atoms with Gasteiger partial charge in [0.25, 0.3) is 0 Å². The summed E-state index contributed by atoms with van der Waals surface area (Å²) in [6.07, 6.45) is 0.516. The lowest BCUT2D eigenvalue weighted by atomic mass is 10.1. The van der Waals surface area contributed by atoms with Crippen molar-refractivity contribution in [3.05, 3.63) is 29.3 Å². The third kappa shape index (κ3) is 4.04. The summed E-state index contributed by atoms with van der Waals surface area (Å²) < 4.78 is 0. The molecule has 19 heavy (non-hydrogen) atoms. The van der Waals surface area contributed by atoms with Gasteiger partial charge in [0.2, 0.25) is 5.91 Å². The predicted molar refractivity (Wildman–Crippen MR) is 78.2 cm³/mol. The molecule has 104 valence electrons. The van der Waals surface area contributed by atoms with E-state index in [0.29, 0.717) is 12.5 Å². The van der Waals surface area contributed by atoms with Crippen molar-refractivity contribution in [3.63, 3.8) is 0 Å². The number of carbonyl (C=O) groups is 1. The normalized spacial score (nSPS) is 14.1. The fourth-order valence-electron chi connectivity index (χ4n) is 2.32. The maximum atomic E-state index is 11.3. The van der Waals surface area contributed by atoms with Crippen LogP contribution in [0.25, 0.3) is 0 Å². The number of nitrogens with one attached hydrogen (secondary N) is 2. The molecule has 0 spiro atoms. The average molecular weight is 261 g/mol. The monoisotopic (exact) mass is 261 g/mol. The molecule has 0 fully saturated rings. The molecule has 1 amide bonds. The molecule has 1 aliphatic heterocycles. The first kappa shape index (κ1) is 14.0. The second-order valence-corrected chi connectivity index (χ2v) is 5.56. The van der Waals surface area contributed by atoms with Crippen LogP contribution in [-0.4, -0.2) is 37.0 Å². The summed E-state index contributed by atoms with van der Waals surface area (Å²) in [6.45, 7) is 7.25. The molecular formula is C15H23N3O. The first-order valence-electron chi connectivity index (χ1n) is 6.88. The number of benzene rings is 1. The Labute approximate surface area is 115 Å². The Hall–Kier alpha value is -1.39. The van der Waals surface area contributed by atoms with Gasteiger partial charge in [0.15, 0.2) is 0 Å². The van der Waals surface area contributed by atoms with Gasteiger partial charge < -0.3 is 15.5 Å². The van der Waals surface area contributed by atoms with Crippen LogP contribution in [0.4, 0.5) is 5.69 Å². The summed E-state index contributed by atoms with van der Waals surface area (Å²) in [5.41, 5.74) is 3.36. The quantitative estimate of drug-likeness (QED) is 0.818. The van der Waals surface area contributed by atoms with Gasteiger partial charge in [0, 0.05) is 31.4 Å². The summed E-state index contributed by atoms with van der Waals surface area (Å²) in [7, 11) is 2.12. The third-order valence-electron chi connectivity index (χ3n) is 3.29. The van der Waals surface area contributed by atoms with E-state index in [1.165, 1.54) is 5.56 Å². The van der Waals surface area contributed by atoms with Gasteiger partial charge in [-0.2, -0.15) is 0 Å². The molecule has 1 aromatic carbocycles. The summed E-state index contributed by atoms with van der Waals surface area (Å²) >= 11 is 0. The van der Waals surface area contributed by atoms with Gasteiger partial charge in [-0.05, 0) is 24.2 Å². The van der Waals surface area contributed by atoms with Crippen LogP contribution in [0.3, 0.4) is 0 Å². The Morgan fingerprint density at radius 2 is 2.21 bits per heavy atom. The van der Waals surface area contributed by atoms with E-state index in [0.717, 1.165) is 30.9 Å². The minimum absolute atomic E-state index is 0.0987. The lowest BCUT2D eigenvalue weighted by Crippen LogP contribution is -2.32. The molecule has 0 aliphatic carbocycles. The van der Waals surface area contributed by atoms with Crippen LogP contribution in [0.1, 0.15) is 25.0 Å². The Kier molecular flexibility index (Phi) is 4.56. The SMILES string of the molecule is CC(C)NCCN(C)Cc1ccc2c(c1)CC(=O)N2. The van der Waals surface area contributed by atoms with Gasteiger partial charge in [-0.1, -0.05) is 26.0 Å². The molecule has 0 radical (unpaired) electrons. The maximum Gasteiger partial charge on any atom is 0.228 e. The van der Waals surface area contributed by atoms with Crippen molar-refractivity contribution in [1.82, 2.24) is 10.2 Å². The van der Waals surface area contributed by atoms with Crippen molar-refractivity contribution in [3.8, 4) is 0 Å². The van der Waals surface area contributed by atoms with Gasteiger partial charge >= 0.3 is 0 Å². The van der Waals surface area contributed by atoms with E-state index < -0.39 is 0 Å². The number of amides is 1. The van der Waals surface area contributed by atoms with Crippen LogP contribution in [0, 0.1) is 0 Å². The second-order valence-electron chi connectivity index (χ2n) is 5.56. The first-order chi connectivity index (χ1) is 9.04. The maximum absolute atomic E-state index is 11.3. The molecule has 0 unspecified atom stereocenters. The minimum atomic E-state index is 0.0987. The molecule has 0 bridgehead atoms. The molecule has 2 N–H and O–H groups in total. The molecular weight excluding hydrogens is 238 g/mol. The van der Waals surface area contributed by atoms with E-state index in [4.69, 9.17) is 0 Å². The number of anilines is 1. The minimum Gasteiger partial charge on any atom is -0.326 e. The van der Waals surface area contributed by atoms with E-state index in [9.17, 15) is 4.79 Å². The first-order valence-corrected chi connectivity index (χ1v) is 6.88. The number of nitrogens with zero attached hydrogens (tertiary/aromatic N) is 1. The average Bonchev–Trinajstić information content (AvgIpc) is 2.67. The highest BCUT2D eigenvalue weighted by atomic mass is 16.1. The summed E-state index contributed by atoms with van der Waals surface area (Å²) in [5.74, 6) is 0.0987. The van der Waals surface area contributed by atoms with E-state index in [1.54, 1.807) is 0 Å². The Morgan fingerprint density at radius 3 is 2.95 bits per heavy atom. The van der Waals surface area contributed by atoms with Crippen LogP contribution in [0.2, 0.25) is 0 Å². The summed E-state index contributed by atoms with van der Waals surface area (Å²) in [6, 6.07) is 6.78. The van der Waals surface area contributed by atoms with E-state index in [1.807, 2.05) is 6.07 Å². The highest BCUT2D eigenvalue weighted by Gasteiger charge is 2.17. The second kappa shape index (κ2) is 6.17. The zero-order chi connectivity index (χ0) is 13.8. The molecule has 0 aromatic heterocycles. The van der Waals surface area contributed by atoms with Gasteiger partial charge in [-0.3, -0.25) is 4.79 Å². The number of rotatable bonds is 6. The number of carbonyl (C=O) groups excluding carboxylic acids is 1. The lowest BCUT2D eigenvalue weighted by molar-refractivity contribution is -0.115. The standard InChI is InChI=1S/C15H23N3O/c1-11(2)16-6-7-18(3)10-12-4-5-14-13(8-12)9-15(19)17-14/h4-5,8,11,16H,6-7,9-10H2,1-3H3,(H,17,19). The molecule has 0 atom stereocenters. The summed E-state index contributed by atoms with van der Waals surface area (Å²) in [4.78, 5) is 13.6. The van der Waals surface area contributed by atoms with E-state index >= 15 is 0 Å². The number of likely N-dealkylation sites (N-methyl/N-ethyl adjacent to an activating group) is 1. The van der Waals surface area contributed by atoms with Gasteiger partial charge in [0.1, 0.15) is 0 Å². The fraction of sp³-hybridized carbons (Fsp3) is 0.533. The van der Waals surface area contributed by atoms with Crippen molar-refractivity contribution in [2.45, 2.75) is 32.9 Å². The van der Waals surface area contributed by atoms with Crippen molar-refractivity contribution in [2.24, 2.45) is 0 Å². The lowest BCUT2D eigenvalue weighted by Gasteiger charge is -2.18. The molecule has 1 heterocycles. The predicted octanol–water partition coefficient (Wildman–Crippen LogP) is 1.61. The zero-order valence-electron chi connectivity index (χ0n) is 12.0. The van der Waals surface area contributed by atoms with E-state index in [2.05, 4.69) is 48.6 Å². The largest absolute Gasteiger partial charge is 0.326 e. The highest BCUT2D eigenvalue weighted by Crippen LogP contribution is 2.24. The van der Waals surface area contributed by atoms with Crippen LogP contribution < -0.4 is 10.6 Å². The smallest absolute Gasteiger partial charge is 0.228 e. The Balaban J connectivity index is 1.86. The highest BCUT2D eigenvalue weighted by molar-refractivity contribution is 5.99. The van der Waals surface area contributed by atoms with Gasteiger partial charge in [-0.25, -0.2) is 0 Å². The zero-order valence-corrected chi connectivity index (χ0v) is 12.0. The summed E-state index contributed by atoms with van der Waals surface area (Å²) in [5, 5.41) is 6.28. The number of fused-ring (bicyclic) bond motifs is 1. The molecule has 2 rings (SSSR count). The van der Waals surface area contributed by atoms with E-state index in [-0.39, 0.29) is 5.91 Å².